The van der Waals surface area contributed by atoms with Crippen molar-refractivity contribution in [1.29, 1.82) is 0 Å². The van der Waals surface area contributed by atoms with E-state index in [1.807, 2.05) is 12.1 Å². The first-order valence-electron chi connectivity index (χ1n) is 8.45. The van der Waals surface area contributed by atoms with Crippen molar-refractivity contribution in [2.45, 2.75) is 19.8 Å². The molecule has 1 aliphatic heterocycles. The van der Waals surface area contributed by atoms with Gasteiger partial charge >= 0.3 is 0 Å². The van der Waals surface area contributed by atoms with Gasteiger partial charge in [0.2, 0.25) is 0 Å². The molecule has 1 N–H and O–H groups in total. The molecule has 4 rings (SSSR count). The van der Waals surface area contributed by atoms with Gasteiger partial charge in [-0.25, -0.2) is 9.97 Å². The predicted octanol–water partition coefficient (Wildman–Crippen LogP) is 3.77. The van der Waals surface area contributed by atoms with Crippen LogP contribution in [0.4, 0.5) is 11.5 Å². The first-order valence-corrected chi connectivity index (χ1v) is 8.45. The van der Waals surface area contributed by atoms with Crippen LogP contribution in [0.2, 0.25) is 0 Å². The zero-order valence-electron chi connectivity index (χ0n) is 14.0. The van der Waals surface area contributed by atoms with Crippen molar-refractivity contribution >= 4 is 22.5 Å². The molecule has 0 unspecified atom stereocenters. The third kappa shape index (κ3) is 2.93. The van der Waals surface area contributed by atoms with E-state index in [4.69, 9.17) is 0 Å². The maximum atomic E-state index is 11.0. The van der Waals surface area contributed by atoms with Crippen LogP contribution >= 0.6 is 0 Å². The Morgan fingerprint density at radius 1 is 1.24 bits per heavy atom. The summed E-state index contributed by atoms with van der Waals surface area (Å²) in [6.07, 6.45) is 3.89. The number of rotatable bonds is 3. The van der Waals surface area contributed by atoms with Gasteiger partial charge < -0.3 is 9.88 Å². The second-order valence-corrected chi connectivity index (χ2v) is 6.62. The average molecular weight is 337 g/mol. The Hall–Kier alpha value is -2.96. The van der Waals surface area contributed by atoms with E-state index in [0.717, 1.165) is 60.0 Å². The fraction of sp³-hybridized carbons (Fsp3) is 0.333. The molecule has 3 aromatic rings. The molecule has 0 aliphatic carbocycles. The van der Waals surface area contributed by atoms with E-state index in [2.05, 4.69) is 26.8 Å². The number of nitro benzene ring substituents is 1. The molecule has 25 heavy (non-hydrogen) atoms. The molecular weight excluding hydrogens is 318 g/mol. The molecule has 0 atom stereocenters. The van der Waals surface area contributed by atoms with E-state index < -0.39 is 0 Å². The minimum atomic E-state index is -0.383. The van der Waals surface area contributed by atoms with Crippen LogP contribution < -0.4 is 4.90 Å². The summed E-state index contributed by atoms with van der Waals surface area (Å²) in [5, 5.41) is 12.0. The third-order valence-electron chi connectivity index (χ3n) is 4.86. The van der Waals surface area contributed by atoms with Gasteiger partial charge in [0.25, 0.3) is 5.69 Å². The van der Waals surface area contributed by atoms with Crippen LogP contribution in [0.1, 0.15) is 19.8 Å². The van der Waals surface area contributed by atoms with Crippen molar-refractivity contribution in [2.24, 2.45) is 5.92 Å². The SMILES string of the molecule is CC1CCN(c2ncnc3[nH]c(-c4cccc([N+](=O)[O-])c4)cc23)CC1. The van der Waals surface area contributed by atoms with E-state index in [0.29, 0.717) is 0 Å². The molecule has 0 bridgehead atoms. The number of anilines is 1. The number of H-pyrrole nitrogens is 1. The molecule has 1 aromatic carbocycles. The van der Waals surface area contributed by atoms with Gasteiger partial charge in [-0.2, -0.15) is 0 Å². The molecular formula is C18H19N5O2. The Bertz CT molecular complexity index is 928. The summed E-state index contributed by atoms with van der Waals surface area (Å²) in [5.74, 6) is 1.69. The van der Waals surface area contributed by atoms with Crippen molar-refractivity contribution in [3.8, 4) is 11.3 Å². The molecule has 0 saturated carbocycles. The fourth-order valence-electron chi connectivity index (χ4n) is 3.34. The largest absolute Gasteiger partial charge is 0.356 e. The van der Waals surface area contributed by atoms with Crippen molar-refractivity contribution in [3.05, 3.63) is 46.8 Å². The summed E-state index contributed by atoms with van der Waals surface area (Å²) in [5.41, 5.74) is 2.41. The van der Waals surface area contributed by atoms with Gasteiger partial charge in [0.05, 0.1) is 10.3 Å². The van der Waals surface area contributed by atoms with Gasteiger partial charge in [0.15, 0.2) is 0 Å². The van der Waals surface area contributed by atoms with Crippen molar-refractivity contribution in [3.63, 3.8) is 0 Å². The minimum absolute atomic E-state index is 0.0764. The van der Waals surface area contributed by atoms with Crippen LogP contribution in [0.25, 0.3) is 22.3 Å². The number of hydrogen-bond acceptors (Lipinski definition) is 5. The number of benzene rings is 1. The molecule has 2 aromatic heterocycles. The van der Waals surface area contributed by atoms with Gasteiger partial charge in [0, 0.05) is 36.5 Å². The smallest absolute Gasteiger partial charge is 0.270 e. The third-order valence-corrected chi connectivity index (χ3v) is 4.86. The van der Waals surface area contributed by atoms with Crippen molar-refractivity contribution in [1.82, 2.24) is 15.0 Å². The molecule has 7 heteroatoms. The Kier molecular flexibility index (Phi) is 3.83. The first kappa shape index (κ1) is 15.6. The first-order chi connectivity index (χ1) is 12.1. The normalized spacial score (nSPS) is 15.6. The van der Waals surface area contributed by atoms with Gasteiger partial charge in [-0.3, -0.25) is 10.1 Å². The molecule has 128 valence electrons. The van der Waals surface area contributed by atoms with Crippen LogP contribution in [-0.4, -0.2) is 33.0 Å². The molecule has 1 aliphatic rings. The zero-order chi connectivity index (χ0) is 17.4. The molecule has 1 saturated heterocycles. The Balaban J connectivity index is 1.74. The van der Waals surface area contributed by atoms with Gasteiger partial charge in [-0.05, 0) is 24.8 Å². The highest BCUT2D eigenvalue weighted by Gasteiger charge is 2.20. The predicted molar refractivity (Wildman–Crippen MR) is 96.6 cm³/mol. The topological polar surface area (TPSA) is 88.0 Å². The Labute approximate surface area is 144 Å². The van der Waals surface area contributed by atoms with Gasteiger partial charge in [-0.15, -0.1) is 0 Å². The fourth-order valence-corrected chi connectivity index (χ4v) is 3.34. The molecule has 7 nitrogen and oxygen atoms in total. The molecule has 1 fully saturated rings. The Morgan fingerprint density at radius 2 is 2.04 bits per heavy atom. The van der Waals surface area contributed by atoms with Gasteiger partial charge in [-0.1, -0.05) is 19.1 Å². The highest BCUT2D eigenvalue weighted by Crippen LogP contribution is 2.31. The second kappa shape index (κ2) is 6.16. The lowest BCUT2D eigenvalue weighted by molar-refractivity contribution is -0.384. The van der Waals surface area contributed by atoms with Crippen LogP contribution in [0.15, 0.2) is 36.7 Å². The highest BCUT2D eigenvalue weighted by atomic mass is 16.6. The second-order valence-electron chi connectivity index (χ2n) is 6.62. The van der Waals surface area contributed by atoms with E-state index >= 15 is 0 Å². The lowest BCUT2D eigenvalue weighted by atomic mass is 9.99. The number of nitro groups is 1. The summed E-state index contributed by atoms with van der Waals surface area (Å²) >= 11 is 0. The summed E-state index contributed by atoms with van der Waals surface area (Å²) in [6, 6.07) is 8.60. The number of aromatic amines is 1. The lowest BCUT2D eigenvalue weighted by Crippen LogP contribution is -2.33. The summed E-state index contributed by atoms with van der Waals surface area (Å²) in [7, 11) is 0. The molecule has 3 heterocycles. The average Bonchev–Trinajstić information content (AvgIpc) is 3.07. The van der Waals surface area contributed by atoms with Gasteiger partial charge in [0.1, 0.15) is 17.8 Å². The molecule has 0 spiro atoms. The number of aromatic nitrogens is 3. The quantitative estimate of drug-likeness (QED) is 0.580. The monoisotopic (exact) mass is 337 g/mol. The van der Waals surface area contributed by atoms with Crippen molar-refractivity contribution in [2.75, 3.05) is 18.0 Å². The number of nitrogens with one attached hydrogen (secondary N) is 1. The lowest BCUT2D eigenvalue weighted by Gasteiger charge is -2.31. The summed E-state index contributed by atoms with van der Waals surface area (Å²) < 4.78 is 0. The highest BCUT2D eigenvalue weighted by molar-refractivity contribution is 5.92. The van der Waals surface area contributed by atoms with Crippen LogP contribution in [0.3, 0.4) is 0 Å². The standard InChI is InChI=1S/C18H19N5O2/c1-12-5-7-22(8-6-12)18-15-10-16(21-17(15)19-11-20-18)13-3-2-4-14(9-13)23(24)25/h2-4,9-12H,5-8H2,1H3,(H,19,20,21). The van der Waals surface area contributed by atoms with E-state index in [1.165, 1.54) is 6.07 Å². The minimum Gasteiger partial charge on any atom is -0.356 e. The number of fused-ring (bicyclic) bond motifs is 1. The number of hydrogen-bond donors (Lipinski definition) is 1. The van der Waals surface area contributed by atoms with E-state index in [1.54, 1.807) is 18.5 Å². The van der Waals surface area contributed by atoms with E-state index in [9.17, 15) is 10.1 Å². The molecule has 0 radical (unpaired) electrons. The summed E-state index contributed by atoms with van der Waals surface area (Å²) in [6.45, 7) is 4.26. The Morgan fingerprint density at radius 3 is 2.80 bits per heavy atom. The number of non-ortho nitro benzene ring substituents is 1. The van der Waals surface area contributed by atoms with Crippen LogP contribution in [0, 0.1) is 16.0 Å². The summed E-state index contributed by atoms with van der Waals surface area (Å²) in [4.78, 5) is 25.0. The maximum Gasteiger partial charge on any atom is 0.270 e. The zero-order valence-corrected chi connectivity index (χ0v) is 14.0. The molecule has 0 amide bonds. The maximum absolute atomic E-state index is 11.0. The van der Waals surface area contributed by atoms with Crippen molar-refractivity contribution < 1.29 is 4.92 Å². The van der Waals surface area contributed by atoms with Crippen LogP contribution in [0.5, 0.6) is 0 Å². The van der Waals surface area contributed by atoms with Crippen LogP contribution in [-0.2, 0) is 0 Å². The number of piperidine rings is 1. The number of nitrogens with zero attached hydrogens (tertiary/aromatic N) is 4. The van der Waals surface area contributed by atoms with E-state index in [-0.39, 0.29) is 10.6 Å².